The number of nitrogens with one attached hydrogen (secondary N) is 1. The lowest BCUT2D eigenvalue weighted by atomic mass is 10.0. The van der Waals surface area contributed by atoms with Crippen LogP contribution in [0.25, 0.3) is 0 Å². The molecule has 1 amide bonds. The Morgan fingerprint density at radius 2 is 1.86 bits per heavy atom. The number of hydrogen-bond acceptors (Lipinski definition) is 5. The summed E-state index contributed by atoms with van der Waals surface area (Å²) in [5, 5.41) is 13.6. The molecule has 0 radical (unpaired) electrons. The second-order valence-corrected chi connectivity index (χ2v) is 6.96. The zero-order valence-electron chi connectivity index (χ0n) is 16.0. The first-order valence-corrected chi connectivity index (χ1v) is 9.49. The molecule has 2 aromatic rings. The SMILES string of the molecule is COc1ccc(C2CCCCCN2CC(=O)Nc2ccc([N+](=O)[O-])cc2)cc1. The molecule has 0 aromatic heterocycles. The summed E-state index contributed by atoms with van der Waals surface area (Å²) in [6, 6.07) is 14.1. The predicted molar refractivity (Wildman–Crippen MR) is 108 cm³/mol. The van der Waals surface area contributed by atoms with E-state index in [9.17, 15) is 14.9 Å². The largest absolute Gasteiger partial charge is 0.497 e. The summed E-state index contributed by atoms with van der Waals surface area (Å²) in [6.07, 6.45) is 4.37. The first kappa shape index (κ1) is 19.8. The van der Waals surface area contributed by atoms with Gasteiger partial charge in [-0.2, -0.15) is 0 Å². The molecule has 0 saturated carbocycles. The maximum absolute atomic E-state index is 12.6. The molecule has 148 valence electrons. The summed E-state index contributed by atoms with van der Waals surface area (Å²) in [5.41, 5.74) is 1.75. The van der Waals surface area contributed by atoms with Crippen molar-refractivity contribution in [2.45, 2.75) is 31.7 Å². The lowest BCUT2D eigenvalue weighted by Crippen LogP contribution is -2.36. The number of carbonyl (C=O) groups excluding carboxylic acids is 1. The van der Waals surface area contributed by atoms with Crippen LogP contribution in [-0.4, -0.2) is 35.9 Å². The molecule has 0 spiro atoms. The monoisotopic (exact) mass is 383 g/mol. The first-order chi connectivity index (χ1) is 13.6. The summed E-state index contributed by atoms with van der Waals surface area (Å²) in [6.45, 7) is 1.15. The van der Waals surface area contributed by atoms with E-state index >= 15 is 0 Å². The third-order valence-corrected chi connectivity index (χ3v) is 5.07. The van der Waals surface area contributed by atoms with Crippen molar-refractivity contribution in [1.29, 1.82) is 0 Å². The Morgan fingerprint density at radius 1 is 1.14 bits per heavy atom. The minimum Gasteiger partial charge on any atom is -0.497 e. The maximum atomic E-state index is 12.6. The smallest absolute Gasteiger partial charge is 0.269 e. The van der Waals surface area contributed by atoms with Crippen LogP contribution in [0, 0.1) is 10.1 Å². The molecule has 3 rings (SSSR count). The van der Waals surface area contributed by atoms with E-state index in [0.29, 0.717) is 5.69 Å². The van der Waals surface area contributed by atoms with Crippen LogP contribution in [0.1, 0.15) is 37.3 Å². The van der Waals surface area contributed by atoms with Crippen molar-refractivity contribution < 1.29 is 14.5 Å². The molecule has 28 heavy (non-hydrogen) atoms. The van der Waals surface area contributed by atoms with Crippen LogP contribution in [0.15, 0.2) is 48.5 Å². The van der Waals surface area contributed by atoms with Crippen molar-refractivity contribution in [2.24, 2.45) is 0 Å². The molecule has 2 aromatic carbocycles. The van der Waals surface area contributed by atoms with Gasteiger partial charge in [-0.25, -0.2) is 0 Å². The van der Waals surface area contributed by atoms with E-state index < -0.39 is 4.92 Å². The number of hydrogen-bond donors (Lipinski definition) is 1. The molecular formula is C21H25N3O4. The molecule has 1 aliphatic rings. The van der Waals surface area contributed by atoms with Crippen LogP contribution >= 0.6 is 0 Å². The van der Waals surface area contributed by atoms with Crippen LogP contribution in [0.3, 0.4) is 0 Å². The van der Waals surface area contributed by atoms with Crippen LogP contribution < -0.4 is 10.1 Å². The topological polar surface area (TPSA) is 84.7 Å². The lowest BCUT2D eigenvalue weighted by molar-refractivity contribution is -0.384. The fourth-order valence-corrected chi connectivity index (χ4v) is 3.61. The van der Waals surface area contributed by atoms with E-state index in [2.05, 4.69) is 22.3 Å². The number of likely N-dealkylation sites (tertiary alicyclic amines) is 1. The Morgan fingerprint density at radius 3 is 2.50 bits per heavy atom. The Kier molecular flexibility index (Phi) is 6.60. The molecule has 7 nitrogen and oxygen atoms in total. The van der Waals surface area contributed by atoms with E-state index in [1.165, 1.54) is 17.7 Å². The van der Waals surface area contributed by atoms with Gasteiger partial charge in [0.05, 0.1) is 18.6 Å². The maximum Gasteiger partial charge on any atom is 0.269 e. The van der Waals surface area contributed by atoms with Gasteiger partial charge in [-0.05, 0) is 49.2 Å². The van der Waals surface area contributed by atoms with Crippen LogP contribution in [0.4, 0.5) is 11.4 Å². The van der Waals surface area contributed by atoms with Gasteiger partial charge in [0, 0.05) is 23.9 Å². The predicted octanol–water partition coefficient (Wildman–Crippen LogP) is 4.16. The number of nitrogens with zero attached hydrogens (tertiary/aromatic N) is 2. The molecule has 1 N–H and O–H groups in total. The third kappa shape index (κ3) is 5.07. The number of benzene rings is 2. The van der Waals surface area contributed by atoms with Gasteiger partial charge in [0.2, 0.25) is 5.91 Å². The molecular weight excluding hydrogens is 358 g/mol. The Bertz CT molecular complexity index is 805. The van der Waals surface area contributed by atoms with Crippen LogP contribution in [0.5, 0.6) is 5.75 Å². The highest BCUT2D eigenvalue weighted by atomic mass is 16.6. The van der Waals surface area contributed by atoms with Gasteiger partial charge in [0.25, 0.3) is 5.69 Å². The zero-order valence-corrected chi connectivity index (χ0v) is 16.0. The highest BCUT2D eigenvalue weighted by Crippen LogP contribution is 2.31. The fraction of sp³-hybridized carbons (Fsp3) is 0.381. The Balaban J connectivity index is 1.67. The molecule has 1 saturated heterocycles. The molecule has 1 fully saturated rings. The van der Waals surface area contributed by atoms with E-state index in [-0.39, 0.29) is 24.2 Å². The van der Waals surface area contributed by atoms with Crippen LogP contribution in [-0.2, 0) is 4.79 Å². The first-order valence-electron chi connectivity index (χ1n) is 9.49. The quantitative estimate of drug-likeness (QED) is 0.598. The van der Waals surface area contributed by atoms with Gasteiger partial charge in [0.1, 0.15) is 5.75 Å². The average Bonchev–Trinajstić information content (AvgIpc) is 2.94. The number of anilines is 1. The number of non-ortho nitro benzene ring substituents is 1. The summed E-state index contributed by atoms with van der Waals surface area (Å²) >= 11 is 0. The molecule has 1 atom stereocenters. The van der Waals surface area contributed by atoms with Crippen molar-refractivity contribution in [3.8, 4) is 5.75 Å². The van der Waals surface area contributed by atoms with Crippen LogP contribution in [0.2, 0.25) is 0 Å². The van der Waals surface area contributed by atoms with Gasteiger partial charge in [-0.15, -0.1) is 0 Å². The second-order valence-electron chi connectivity index (χ2n) is 6.96. The highest BCUT2D eigenvalue weighted by Gasteiger charge is 2.24. The van der Waals surface area contributed by atoms with Gasteiger partial charge >= 0.3 is 0 Å². The molecule has 0 bridgehead atoms. The number of ether oxygens (including phenoxy) is 1. The van der Waals surface area contributed by atoms with E-state index in [1.807, 2.05) is 12.1 Å². The minimum atomic E-state index is -0.456. The van der Waals surface area contributed by atoms with E-state index in [4.69, 9.17) is 4.74 Å². The lowest BCUT2D eigenvalue weighted by Gasteiger charge is -2.29. The molecule has 0 aliphatic carbocycles. The van der Waals surface area contributed by atoms with Gasteiger partial charge in [0.15, 0.2) is 0 Å². The normalized spacial score (nSPS) is 17.5. The summed E-state index contributed by atoms with van der Waals surface area (Å²) < 4.78 is 5.24. The minimum absolute atomic E-state index is 0.00471. The zero-order chi connectivity index (χ0) is 19.9. The van der Waals surface area contributed by atoms with Gasteiger partial charge < -0.3 is 10.1 Å². The van der Waals surface area contributed by atoms with Crippen molar-refractivity contribution in [2.75, 3.05) is 25.5 Å². The van der Waals surface area contributed by atoms with E-state index in [1.54, 1.807) is 19.2 Å². The van der Waals surface area contributed by atoms with Gasteiger partial charge in [-0.3, -0.25) is 19.8 Å². The summed E-state index contributed by atoms with van der Waals surface area (Å²) in [4.78, 5) is 25.1. The summed E-state index contributed by atoms with van der Waals surface area (Å²) in [7, 11) is 1.65. The van der Waals surface area contributed by atoms with E-state index in [0.717, 1.165) is 38.0 Å². The Labute approximate surface area is 164 Å². The number of methoxy groups -OCH3 is 1. The number of rotatable bonds is 6. The average molecular weight is 383 g/mol. The van der Waals surface area contributed by atoms with Crippen molar-refractivity contribution >= 4 is 17.3 Å². The van der Waals surface area contributed by atoms with Crippen molar-refractivity contribution in [3.05, 3.63) is 64.2 Å². The molecule has 1 unspecified atom stereocenters. The Hall–Kier alpha value is -2.93. The van der Waals surface area contributed by atoms with Crippen molar-refractivity contribution in [3.63, 3.8) is 0 Å². The standard InChI is InChI=1S/C21H25N3O4/c1-28-19-12-6-16(7-13-19)20-5-3-2-4-14-23(20)15-21(25)22-17-8-10-18(11-9-17)24(26)27/h6-13,20H,2-5,14-15H2,1H3,(H,22,25). The molecule has 7 heteroatoms. The fourth-order valence-electron chi connectivity index (χ4n) is 3.61. The number of carbonyl (C=O) groups is 1. The third-order valence-electron chi connectivity index (χ3n) is 5.07. The second kappa shape index (κ2) is 9.32. The highest BCUT2D eigenvalue weighted by molar-refractivity contribution is 5.92. The molecule has 1 aliphatic heterocycles. The number of nitro groups is 1. The van der Waals surface area contributed by atoms with Gasteiger partial charge in [-0.1, -0.05) is 25.0 Å². The number of nitro benzene ring substituents is 1. The number of amides is 1. The summed E-state index contributed by atoms with van der Waals surface area (Å²) in [5.74, 6) is 0.703. The molecule has 1 heterocycles. The van der Waals surface area contributed by atoms with Crippen molar-refractivity contribution in [1.82, 2.24) is 4.90 Å².